The van der Waals surface area contributed by atoms with E-state index < -0.39 is 0 Å². The maximum atomic E-state index is 12.1. The lowest BCUT2D eigenvalue weighted by Crippen LogP contribution is -2.26. The van der Waals surface area contributed by atoms with Crippen molar-refractivity contribution < 1.29 is 9.53 Å². The van der Waals surface area contributed by atoms with E-state index >= 15 is 0 Å². The van der Waals surface area contributed by atoms with Gasteiger partial charge in [-0.05, 0) is 51.5 Å². The number of carbonyl (C=O) groups is 1. The molecule has 0 heterocycles. The van der Waals surface area contributed by atoms with E-state index in [1.54, 1.807) is 0 Å². The molecule has 1 amide bonds. The molecule has 4 nitrogen and oxygen atoms in total. The van der Waals surface area contributed by atoms with E-state index in [1.807, 2.05) is 48.5 Å². The van der Waals surface area contributed by atoms with E-state index in [4.69, 9.17) is 4.74 Å². The minimum Gasteiger partial charge on any atom is -0.483 e. The van der Waals surface area contributed by atoms with Crippen molar-refractivity contribution in [2.24, 2.45) is 5.10 Å². The summed E-state index contributed by atoms with van der Waals surface area (Å²) in [4.78, 5) is 12.1. The molecule has 0 aromatic heterocycles. The number of hydrogen-bond acceptors (Lipinski definition) is 3. The summed E-state index contributed by atoms with van der Waals surface area (Å²) in [5.74, 6) is 0.799. The minimum absolute atomic E-state index is 0.0860. The van der Waals surface area contributed by atoms with Crippen LogP contribution in [0, 0.1) is 0 Å². The number of nitrogens with one attached hydrogen (secondary N) is 1. The van der Waals surface area contributed by atoms with Crippen LogP contribution in [0.2, 0.25) is 0 Å². The summed E-state index contributed by atoms with van der Waals surface area (Å²) < 4.78 is 6.45. The molecule has 138 valence electrons. The molecule has 2 aromatic rings. The highest BCUT2D eigenvalue weighted by Gasteiger charge is 2.09. The van der Waals surface area contributed by atoms with Gasteiger partial charge in [-0.1, -0.05) is 63.6 Å². The van der Waals surface area contributed by atoms with Crippen LogP contribution in [0.25, 0.3) is 0 Å². The van der Waals surface area contributed by atoms with Crippen LogP contribution in [0.1, 0.15) is 50.7 Å². The quantitative estimate of drug-likeness (QED) is 0.470. The fraction of sp³-hybridized carbons (Fsp3) is 0.333. The Labute approximate surface area is 163 Å². The Morgan fingerprint density at radius 2 is 1.92 bits per heavy atom. The third-order valence-corrected chi connectivity index (χ3v) is 4.51. The van der Waals surface area contributed by atoms with Crippen LogP contribution in [-0.4, -0.2) is 18.2 Å². The molecule has 0 aliphatic heterocycles. The second kappa shape index (κ2) is 10.1. The van der Waals surface area contributed by atoms with Gasteiger partial charge in [0.25, 0.3) is 5.91 Å². The SMILES string of the molecule is CCCC(=NNC(=O)COc1ccc(C(C)C)cc1Br)c1ccccc1. The van der Waals surface area contributed by atoms with Gasteiger partial charge >= 0.3 is 0 Å². The average molecular weight is 417 g/mol. The first-order valence-electron chi connectivity index (χ1n) is 8.84. The summed E-state index contributed by atoms with van der Waals surface area (Å²) in [7, 11) is 0. The Bertz CT molecular complexity index is 758. The summed E-state index contributed by atoms with van der Waals surface area (Å²) in [5, 5.41) is 4.28. The zero-order valence-corrected chi connectivity index (χ0v) is 17.0. The number of carbonyl (C=O) groups excluding carboxylic acids is 1. The highest BCUT2D eigenvalue weighted by Crippen LogP contribution is 2.28. The summed E-state index contributed by atoms with van der Waals surface area (Å²) in [5.41, 5.74) is 5.69. The molecule has 5 heteroatoms. The van der Waals surface area contributed by atoms with Crippen LogP contribution in [0.3, 0.4) is 0 Å². The molecule has 0 aliphatic carbocycles. The van der Waals surface area contributed by atoms with Crippen LogP contribution in [0.5, 0.6) is 5.75 Å². The Morgan fingerprint density at radius 3 is 2.54 bits per heavy atom. The fourth-order valence-electron chi connectivity index (χ4n) is 2.43. The van der Waals surface area contributed by atoms with Gasteiger partial charge in [-0.2, -0.15) is 5.10 Å². The van der Waals surface area contributed by atoms with Crippen molar-refractivity contribution in [3.05, 3.63) is 64.1 Å². The molecule has 0 fully saturated rings. The molecule has 26 heavy (non-hydrogen) atoms. The van der Waals surface area contributed by atoms with Gasteiger partial charge in [0.1, 0.15) is 5.75 Å². The second-order valence-corrected chi connectivity index (χ2v) is 7.20. The van der Waals surface area contributed by atoms with Crippen LogP contribution in [0.4, 0.5) is 0 Å². The standard InChI is InChI=1S/C21H25BrN2O2/c1-4-8-19(16-9-6-5-7-10-16)23-24-21(25)14-26-20-12-11-17(15(2)3)13-18(20)22/h5-7,9-13,15H,4,8,14H2,1-3H3,(H,24,25). The normalized spacial score (nSPS) is 11.5. The van der Waals surface area contributed by atoms with Gasteiger partial charge in [0.15, 0.2) is 6.61 Å². The van der Waals surface area contributed by atoms with E-state index in [1.165, 1.54) is 5.56 Å². The summed E-state index contributed by atoms with van der Waals surface area (Å²) in [6, 6.07) is 15.8. The largest absolute Gasteiger partial charge is 0.483 e. The van der Waals surface area contributed by atoms with Crippen LogP contribution < -0.4 is 10.2 Å². The van der Waals surface area contributed by atoms with Crippen molar-refractivity contribution in [1.82, 2.24) is 5.43 Å². The minimum atomic E-state index is -0.283. The first-order valence-corrected chi connectivity index (χ1v) is 9.63. The fourth-order valence-corrected chi connectivity index (χ4v) is 2.94. The molecule has 0 atom stereocenters. The van der Waals surface area contributed by atoms with Crippen molar-refractivity contribution in [1.29, 1.82) is 0 Å². The van der Waals surface area contributed by atoms with Crippen molar-refractivity contribution in [2.75, 3.05) is 6.61 Å². The maximum absolute atomic E-state index is 12.1. The second-order valence-electron chi connectivity index (χ2n) is 6.34. The predicted octanol–water partition coefficient (Wildman–Crippen LogP) is 5.27. The van der Waals surface area contributed by atoms with E-state index in [9.17, 15) is 4.79 Å². The van der Waals surface area contributed by atoms with Gasteiger partial charge in [0, 0.05) is 0 Å². The lowest BCUT2D eigenvalue weighted by molar-refractivity contribution is -0.123. The third-order valence-electron chi connectivity index (χ3n) is 3.89. The number of halogens is 1. The van der Waals surface area contributed by atoms with Gasteiger partial charge in [-0.25, -0.2) is 5.43 Å². The zero-order chi connectivity index (χ0) is 18.9. The molecule has 1 N–H and O–H groups in total. The number of nitrogens with zero attached hydrogens (tertiary/aromatic N) is 1. The Hall–Kier alpha value is -2.14. The van der Waals surface area contributed by atoms with Gasteiger partial charge in [0.2, 0.25) is 0 Å². The first kappa shape index (κ1) is 20.2. The molecule has 2 aromatic carbocycles. The molecule has 0 spiro atoms. The monoisotopic (exact) mass is 416 g/mol. The summed E-state index contributed by atoms with van der Waals surface area (Å²) in [6.07, 6.45) is 1.75. The highest BCUT2D eigenvalue weighted by molar-refractivity contribution is 9.10. The number of rotatable bonds is 8. The molecule has 2 rings (SSSR count). The lowest BCUT2D eigenvalue weighted by Gasteiger charge is -2.11. The van der Waals surface area contributed by atoms with E-state index in [0.717, 1.165) is 28.6 Å². The predicted molar refractivity (Wildman–Crippen MR) is 110 cm³/mol. The molecule has 0 saturated heterocycles. The van der Waals surface area contributed by atoms with Crippen molar-refractivity contribution in [3.63, 3.8) is 0 Å². The Morgan fingerprint density at radius 1 is 1.19 bits per heavy atom. The molecule has 0 radical (unpaired) electrons. The Kier molecular flexibility index (Phi) is 7.85. The van der Waals surface area contributed by atoms with Gasteiger partial charge < -0.3 is 4.74 Å². The number of amides is 1. The molecule has 0 bridgehead atoms. The van der Waals surface area contributed by atoms with Crippen LogP contribution in [-0.2, 0) is 4.79 Å². The lowest BCUT2D eigenvalue weighted by atomic mass is 10.0. The molecule has 0 saturated carbocycles. The third kappa shape index (κ3) is 5.99. The number of benzene rings is 2. The summed E-state index contributed by atoms with van der Waals surface area (Å²) >= 11 is 3.49. The number of ether oxygens (including phenoxy) is 1. The molecule has 0 unspecified atom stereocenters. The molecular weight excluding hydrogens is 392 g/mol. The van der Waals surface area contributed by atoms with E-state index in [2.05, 4.69) is 47.2 Å². The molecule has 0 aliphatic rings. The topological polar surface area (TPSA) is 50.7 Å². The van der Waals surface area contributed by atoms with E-state index in [0.29, 0.717) is 11.7 Å². The molecular formula is C21H25BrN2O2. The van der Waals surface area contributed by atoms with Gasteiger partial charge in [-0.15, -0.1) is 0 Å². The van der Waals surface area contributed by atoms with Crippen molar-refractivity contribution in [2.45, 2.75) is 39.5 Å². The van der Waals surface area contributed by atoms with Crippen LogP contribution in [0.15, 0.2) is 58.1 Å². The average Bonchev–Trinajstić information content (AvgIpc) is 2.64. The smallest absolute Gasteiger partial charge is 0.277 e. The van der Waals surface area contributed by atoms with Crippen molar-refractivity contribution >= 4 is 27.5 Å². The van der Waals surface area contributed by atoms with E-state index in [-0.39, 0.29) is 12.5 Å². The summed E-state index contributed by atoms with van der Waals surface area (Å²) in [6.45, 7) is 6.27. The van der Waals surface area contributed by atoms with Gasteiger partial charge in [-0.3, -0.25) is 4.79 Å². The highest BCUT2D eigenvalue weighted by atomic mass is 79.9. The number of hydrogen-bond donors (Lipinski definition) is 1. The zero-order valence-electron chi connectivity index (χ0n) is 15.5. The first-order chi connectivity index (χ1) is 12.5. The number of hydrazone groups is 1. The van der Waals surface area contributed by atoms with Crippen molar-refractivity contribution in [3.8, 4) is 5.75 Å². The Balaban J connectivity index is 1.95. The van der Waals surface area contributed by atoms with Crippen LogP contribution >= 0.6 is 15.9 Å². The maximum Gasteiger partial charge on any atom is 0.277 e. The van der Waals surface area contributed by atoms with Gasteiger partial charge in [0.05, 0.1) is 10.2 Å².